The number of halogens is 3. The fourth-order valence-corrected chi connectivity index (χ4v) is 8.55. The van der Waals surface area contributed by atoms with Crippen LogP contribution in [-0.4, -0.2) is 74.0 Å². The molecule has 47 heavy (non-hydrogen) atoms. The Balaban J connectivity index is 0.982. The van der Waals surface area contributed by atoms with Crippen molar-refractivity contribution in [1.29, 1.82) is 0 Å². The molecule has 3 fully saturated rings. The van der Waals surface area contributed by atoms with Gasteiger partial charge in [0.05, 0.1) is 17.7 Å². The molecule has 2 saturated heterocycles. The van der Waals surface area contributed by atoms with E-state index >= 15 is 0 Å². The zero-order valence-corrected chi connectivity index (χ0v) is 28.3. The molecule has 0 atom stereocenters. The number of piperidine rings is 1. The average molecular weight is 673 g/mol. The number of rotatable bonds is 11. The Labute approximate surface area is 276 Å². The zero-order valence-electron chi connectivity index (χ0n) is 27.5. The molecule has 0 bridgehead atoms. The Hall–Kier alpha value is -2.96. The number of benzene rings is 2. The summed E-state index contributed by atoms with van der Waals surface area (Å²) < 4.78 is 65.7. The molecule has 2 N–H and O–H groups in total. The van der Waals surface area contributed by atoms with Crippen molar-refractivity contribution in [1.82, 2.24) is 19.6 Å². The molecule has 12 heteroatoms. The fraction of sp³-hybridized carbons (Fsp3) is 0.600. The van der Waals surface area contributed by atoms with E-state index in [-0.39, 0.29) is 22.8 Å². The lowest BCUT2D eigenvalue weighted by atomic mass is 9.72. The van der Waals surface area contributed by atoms with Crippen LogP contribution in [-0.2, 0) is 29.4 Å². The molecule has 1 spiro atoms. The van der Waals surface area contributed by atoms with Crippen LogP contribution in [0.2, 0.25) is 0 Å². The molecule has 3 heterocycles. The van der Waals surface area contributed by atoms with Crippen molar-refractivity contribution in [2.24, 2.45) is 11.3 Å². The van der Waals surface area contributed by atoms with Crippen molar-refractivity contribution in [3.63, 3.8) is 0 Å². The molecule has 3 aromatic rings. The Bertz CT molecular complexity index is 1640. The SMILES string of the molecule is CCc1cc(CN2CCC3(CC2)CN(c2ncnc4ccc(CC(F)(F)F)cc24)C3)ccc1NCC1CCC(NS(=O)(=O)CC)CC1. The van der Waals surface area contributed by atoms with Gasteiger partial charge in [0.2, 0.25) is 10.0 Å². The van der Waals surface area contributed by atoms with E-state index in [9.17, 15) is 21.6 Å². The summed E-state index contributed by atoms with van der Waals surface area (Å²) in [6, 6.07) is 11.6. The van der Waals surface area contributed by atoms with Crippen molar-refractivity contribution >= 4 is 32.4 Å². The van der Waals surface area contributed by atoms with Crippen LogP contribution in [0.4, 0.5) is 24.7 Å². The molecule has 0 radical (unpaired) electrons. The fourth-order valence-electron chi connectivity index (χ4n) is 7.64. The van der Waals surface area contributed by atoms with Gasteiger partial charge in [-0.3, -0.25) is 4.90 Å². The maximum atomic E-state index is 13.0. The maximum Gasteiger partial charge on any atom is 0.393 e. The van der Waals surface area contributed by atoms with Gasteiger partial charge in [0.1, 0.15) is 12.1 Å². The van der Waals surface area contributed by atoms with Crippen molar-refractivity contribution in [3.8, 4) is 0 Å². The Morgan fingerprint density at radius 2 is 1.68 bits per heavy atom. The van der Waals surface area contributed by atoms with Gasteiger partial charge in [0, 0.05) is 48.7 Å². The second-order valence-electron chi connectivity index (χ2n) is 13.9. The number of nitrogens with zero attached hydrogens (tertiary/aromatic N) is 4. The summed E-state index contributed by atoms with van der Waals surface area (Å²) in [5.41, 5.74) is 4.97. The van der Waals surface area contributed by atoms with Crippen LogP contribution in [0.5, 0.6) is 0 Å². The van der Waals surface area contributed by atoms with Gasteiger partial charge in [-0.1, -0.05) is 25.1 Å². The van der Waals surface area contributed by atoms with Crippen LogP contribution in [0, 0.1) is 11.3 Å². The lowest BCUT2D eigenvalue weighted by Crippen LogP contribution is -2.60. The summed E-state index contributed by atoms with van der Waals surface area (Å²) in [5, 5.41) is 4.38. The molecule has 1 saturated carbocycles. The predicted octanol–water partition coefficient (Wildman–Crippen LogP) is 6.31. The topological polar surface area (TPSA) is 90.5 Å². The van der Waals surface area contributed by atoms with Gasteiger partial charge in [0.25, 0.3) is 0 Å². The number of aromatic nitrogens is 2. The minimum atomic E-state index is -4.25. The molecular formula is C35H47F3N6O2S. The van der Waals surface area contributed by atoms with E-state index in [1.807, 2.05) is 0 Å². The first kappa shape index (κ1) is 33.9. The van der Waals surface area contributed by atoms with Crippen molar-refractivity contribution < 1.29 is 21.6 Å². The van der Waals surface area contributed by atoms with Gasteiger partial charge in [-0.15, -0.1) is 0 Å². The Kier molecular flexibility index (Phi) is 10.0. The minimum absolute atomic E-state index is 0.0662. The molecule has 0 amide bonds. The largest absolute Gasteiger partial charge is 0.393 e. The first-order valence-corrected chi connectivity index (χ1v) is 18.7. The van der Waals surface area contributed by atoms with Crippen molar-refractivity contribution in [3.05, 3.63) is 59.4 Å². The normalized spacial score (nSPS) is 22.0. The van der Waals surface area contributed by atoms with Crippen LogP contribution in [0.15, 0.2) is 42.7 Å². The second-order valence-corrected chi connectivity index (χ2v) is 16.0. The third-order valence-corrected chi connectivity index (χ3v) is 11.9. The molecule has 1 aromatic heterocycles. The first-order chi connectivity index (χ1) is 22.4. The summed E-state index contributed by atoms with van der Waals surface area (Å²) >= 11 is 0. The minimum Gasteiger partial charge on any atom is -0.385 e. The highest BCUT2D eigenvalue weighted by Crippen LogP contribution is 2.44. The molecule has 1 aliphatic carbocycles. The van der Waals surface area contributed by atoms with E-state index in [4.69, 9.17) is 0 Å². The summed E-state index contributed by atoms with van der Waals surface area (Å²) in [5.74, 6) is 1.41. The Morgan fingerprint density at radius 1 is 0.957 bits per heavy atom. The number of aryl methyl sites for hydroxylation is 1. The number of likely N-dealkylation sites (tertiary alicyclic amines) is 1. The summed E-state index contributed by atoms with van der Waals surface area (Å²) in [7, 11) is -3.15. The predicted molar refractivity (Wildman–Crippen MR) is 181 cm³/mol. The number of sulfonamides is 1. The van der Waals surface area contributed by atoms with E-state index in [0.29, 0.717) is 16.8 Å². The third-order valence-electron chi connectivity index (χ3n) is 10.5. The van der Waals surface area contributed by atoms with Gasteiger partial charge in [0.15, 0.2) is 0 Å². The van der Waals surface area contributed by atoms with E-state index in [0.717, 1.165) is 90.0 Å². The highest BCUT2D eigenvalue weighted by Gasteiger charge is 2.45. The maximum absolute atomic E-state index is 13.0. The lowest BCUT2D eigenvalue weighted by molar-refractivity contribution is -0.127. The van der Waals surface area contributed by atoms with Gasteiger partial charge < -0.3 is 10.2 Å². The van der Waals surface area contributed by atoms with Crippen molar-refractivity contribution in [2.75, 3.05) is 48.7 Å². The standard InChI is InChI=1S/C35H47F3N6O2S/c1-3-28-17-27(8-11-31(28)39-20-25-5-9-29(10-6-25)42-47(45,46)4-2)21-43-15-13-34(14-16-43)22-44(23-34)33-30-18-26(19-35(36,37)38)7-12-32(30)40-24-41-33/h7-8,11-12,17-18,24-25,29,39,42H,3-6,9-10,13-16,19-23H2,1-2H3. The molecule has 6 rings (SSSR count). The van der Waals surface area contributed by atoms with Crippen LogP contribution in [0.1, 0.15) is 69.1 Å². The second kappa shape index (κ2) is 13.9. The molecule has 2 aliphatic heterocycles. The monoisotopic (exact) mass is 672 g/mol. The number of fused-ring (bicyclic) bond motifs is 1. The van der Waals surface area contributed by atoms with E-state index in [1.165, 1.54) is 29.2 Å². The molecule has 8 nitrogen and oxygen atoms in total. The van der Waals surface area contributed by atoms with Crippen LogP contribution in [0.25, 0.3) is 10.9 Å². The van der Waals surface area contributed by atoms with Gasteiger partial charge >= 0.3 is 6.18 Å². The number of anilines is 2. The summed E-state index contributed by atoms with van der Waals surface area (Å²) in [6.45, 7) is 9.47. The van der Waals surface area contributed by atoms with Gasteiger partial charge in [-0.25, -0.2) is 23.1 Å². The van der Waals surface area contributed by atoms with Crippen LogP contribution < -0.4 is 14.9 Å². The first-order valence-electron chi connectivity index (χ1n) is 17.1. The van der Waals surface area contributed by atoms with Crippen LogP contribution >= 0.6 is 0 Å². The molecule has 256 valence electrons. The highest BCUT2D eigenvalue weighted by atomic mass is 32.2. The highest BCUT2D eigenvalue weighted by molar-refractivity contribution is 7.89. The van der Waals surface area contributed by atoms with E-state index in [2.05, 4.69) is 54.9 Å². The zero-order chi connectivity index (χ0) is 33.2. The number of hydrogen-bond acceptors (Lipinski definition) is 7. The quantitative estimate of drug-likeness (QED) is 0.247. The molecule has 3 aliphatic rings. The molecule has 2 aromatic carbocycles. The third kappa shape index (κ3) is 8.37. The number of hydrogen-bond donors (Lipinski definition) is 2. The lowest BCUT2D eigenvalue weighted by Gasteiger charge is -2.54. The molecular weight excluding hydrogens is 625 g/mol. The number of alkyl halides is 3. The smallest absolute Gasteiger partial charge is 0.385 e. The van der Waals surface area contributed by atoms with Gasteiger partial charge in [-0.05, 0) is 106 Å². The number of nitrogens with one attached hydrogen (secondary N) is 2. The van der Waals surface area contributed by atoms with Crippen molar-refractivity contribution in [2.45, 2.75) is 84.0 Å². The molecule has 0 unspecified atom stereocenters. The Morgan fingerprint density at radius 3 is 2.36 bits per heavy atom. The summed E-state index contributed by atoms with van der Waals surface area (Å²) in [6.07, 6.45) is 3.27. The average Bonchev–Trinajstić information content (AvgIpc) is 3.03. The van der Waals surface area contributed by atoms with Crippen LogP contribution in [0.3, 0.4) is 0 Å². The van der Waals surface area contributed by atoms with E-state index in [1.54, 1.807) is 19.1 Å². The van der Waals surface area contributed by atoms with E-state index < -0.39 is 22.6 Å². The van der Waals surface area contributed by atoms with Gasteiger partial charge in [-0.2, -0.15) is 13.2 Å². The summed E-state index contributed by atoms with van der Waals surface area (Å²) in [4.78, 5) is 13.5.